The normalized spacial score (nSPS) is 21.0. The first kappa shape index (κ1) is 13.2. The van der Waals surface area contributed by atoms with Crippen molar-refractivity contribution in [3.05, 3.63) is 34.9 Å². The van der Waals surface area contributed by atoms with Crippen molar-refractivity contribution >= 4 is 11.9 Å². The molecule has 0 saturated carbocycles. The summed E-state index contributed by atoms with van der Waals surface area (Å²) < 4.78 is 0. The van der Waals surface area contributed by atoms with Gasteiger partial charge in [-0.3, -0.25) is 4.79 Å². The standard InChI is InChI=1S/C16H19NO3/c18-15(17-8-2-5-14(17)16(19)20)10-11-6-7-12-3-1-4-13(12)9-11/h6-7,9,14H,1-5,8,10H2,(H,19,20)/t14-/m0/s1. The summed E-state index contributed by atoms with van der Waals surface area (Å²) in [5.74, 6) is -0.947. The van der Waals surface area contributed by atoms with Crippen molar-refractivity contribution < 1.29 is 14.7 Å². The fraction of sp³-hybridized carbons (Fsp3) is 0.500. The fourth-order valence-electron chi connectivity index (χ4n) is 3.33. The molecule has 1 saturated heterocycles. The van der Waals surface area contributed by atoms with Crippen LogP contribution >= 0.6 is 0 Å². The highest BCUT2D eigenvalue weighted by atomic mass is 16.4. The number of nitrogens with zero attached hydrogens (tertiary/aromatic N) is 1. The number of carboxylic acid groups (broad SMARTS) is 1. The van der Waals surface area contributed by atoms with E-state index in [4.69, 9.17) is 5.11 Å². The molecule has 20 heavy (non-hydrogen) atoms. The Labute approximate surface area is 118 Å². The molecular weight excluding hydrogens is 254 g/mol. The second-order valence-electron chi connectivity index (χ2n) is 5.72. The van der Waals surface area contributed by atoms with Crippen molar-refractivity contribution in [2.45, 2.75) is 44.6 Å². The molecule has 1 heterocycles. The Bertz CT molecular complexity index is 553. The van der Waals surface area contributed by atoms with Gasteiger partial charge in [-0.2, -0.15) is 0 Å². The van der Waals surface area contributed by atoms with Crippen LogP contribution in [0.25, 0.3) is 0 Å². The second-order valence-corrected chi connectivity index (χ2v) is 5.72. The van der Waals surface area contributed by atoms with Crippen LogP contribution in [-0.2, 0) is 28.9 Å². The quantitative estimate of drug-likeness (QED) is 0.913. The fourth-order valence-corrected chi connectivity index (χ4v) is 3.33. The smallest absolute Gasteiger partial charge is 0.326 e. The molecule has 4 heteroatoms. The van der Waals surface area contributed by atoms with Crippen LogP contribution in [0, 0.1) is 0 Å². The minimum absolute atomic E-state index is 0.0622. The van der Waals surface area contributed by atoms with Crippen LogP contribution in [0.2, 0.25) is 0 Å². The number of hydrogen-bond donors (Lipinski definition) is 1. The van der Waals surface area contributed by atoms with E-state index in [0.29, 0.717) is 19.4 Å². The van der Waals surface area contributed by atoms with Gasteiger partial charge >= 0.3 is 5.97 Å². The maximum Gasteiger partial charge on any atom is 0.326 e. The van der Waals surface area contributed by atoms with Crippen molar-refractivity contribution in [2.24, 2.45) is 0 Å². The first-order chi connectivity index (χ1) is 9.65. The number of aliphatic carboxylic acids is 1. The second kappa shape index (κ2) is 5.27. The summed E-state index contributed by atoms with van der Waals surface area (Å²) in [6.45, 7) is 0.570. The van der Waals surface area contributed by atoms with E-state index in [2.05, 4.69) is 12.1 Å². The average molecular weight is 273 g/mol. The Balaban J connectivity index is 1.71. The highest BCUT2D eigenvalue weighted by molar-refractivity contribution is 5.85. The lowest BCUT2D eigenvalue weighted by Crippen LogP contribution is -2.41. The summed E-state index contributed by atoms with van der Waals surface area (Å²) in [5.41, 5.74) is 3.75. The summed E-state index contributed by atoms with van der Waals surface area (Å²) in [6.07, 6.45) is 5.10. The van der Waals surface area contributed by atoms with Crippen molar-refractivity contribution in [3.8, 4) is 0 Å². The van der Waals surface area contributed by atoms with Crippen LogP contribution in [0.1, 0.15) is 36.0 Å². The number of hydrogen-bond acceptors (Lipinski definition) is 2. The van der Waals surface area contributed by atoms with Gasteiger partial charge in [-0.15, -0.1) is 0 Å². The van der Waals surface area contributed by atoms with Gasteiger partial charge in [-0.05, 0) is 48.8 Å². The third-order valence-electron chi connectivity index (χ3n) is 4.38. The van der Waals surface area contributed by atoms with Crippen LogP contribution in [0.15, 0.2) is 18.2 Å². The zero-order chi connectivity index (χ0) is 14.1. The predicted molar refractivity (Wildman–Crippen MR) is 74.5 cm³/mol. The third kappa shape index (κ3) is 2.42. The van der Waals surface area contributed by atoms with Gasteiger partial charge in [-0.25, -0.2) is 4.79 Å². The van der Waals surface area contributed by atoms with Gasteiger partial charge in [0.05, 0.1) is 6.42 Å². The summed E-state index contributed by atoms with van der Waals surface area (Å²) in [5, 5.41) is 9.13. The van der Waals surface area contributed by atoms with E-state index in [1.165, 1.54) is 22.4 Å². The van der Waals surface area contributed by atoms with E-state index in [-0.39, 0.29) is 5.91 Å². The zero-order valence-electron chi connectivity index (χ0n) is 11.5. The number of rotatable bonds is 3. The lowest BCUT2D eigenvalue weighted by Gasteiger charge is -2.21. The molecule has 0 bridgehead atoms. The molecule has 2 aliphatic rings. The zero-order valence-corrected chi connectivity index (χ0v) is 11.5. The third-order valence-corrected chi connectivity index (χ3v) is 4.38. The molecule has 0 radical (unpaired) electrons. The first-order valence-corrected chi connectivity index (χ1v) is 7.28. The van der Waals surface area contributed by atoms with Crippen LogP contribution in [-0.4, -0.2) is 34.5 Å². The lowest BCUT2D eigenvalue weighted by molar-refractivity contribution is -0.148. The Morgan fingerprint density at radius 2 is 2.00 bits per heavy atom. The van der Waals surface area contributed by atoms with Gasteiger partial charge in [0.15, 0.2) is 0 Å². The molecule has 1 aromatic carbocycles. The van der Waals surface area contributed by atoms with Crippen LogP contribution in [0.5, 0.6) is 0 Å². The minimum Gasteiger partial charge on any atom is -0.480 e. The predicted octanol–water partition coefficient (Wildman–Crippen LogP) is 1.79. The maximum absolute atomic E-state index is 12.3. The molecule has 0 unspecified atom stereocenters. The summed E-state index contributed by atoms with van der Waals surface area (Å²) >= 11 is 0. The number of aryl methyl sites for hydroxylation is 2. The molecule has 1 N–H and O–H groups in total. The van der Waals surface area contributed by atoms with Gasteiger partial charge < -0.3 is 10.0 Å². The Morgan fingerprint density at radius 3 is 2.80 bits per heavy atom. The van der Waals surface area contributed by atoms with Crippen molar-refractivity contribution in [2.75, 3.05) is 6.54 Å². The molecule has 0 aromatic heterocycles. The summed E-state index contributed by atoms with van der Waals surface area (Å²) in [4.78, 5) is 24.9. The van der Waals surface area contributed by atoms with Crippen LogP contribution in [0.3, 0.4) is 0 Å². The number of carbonyl (C=O) groups excluding carboxylic acids is 1. The monoisotopic (exact) mass is 273 g/mol. The number of carbonyl (C=O) groups is 2. The minimum atomic E-state index is -0.884. The van der Waals surface area contributed by atoms with Crippen molar-refractivity contribution in [1.82, 2.24) is 4.90 Å². The molecule has 1 aliphatic carbocycles. The molecule has 3 rings (SSSR count). The summed E-state index contributed by atoms with van der Waals surface area (Å²) in [7, 11) is 0. The average Bonchev–Trinajstić information content (AvgIpc) is 3.06. The summed E-state index contributed by atoms with van der Waals surface area (Å²) in [6, 6.07) is 5.61. The Kier molecular flexibility index (Phi) is 3.47. The molecule has 1 fully saturated rings. The number of benzene rings is 1. The molecule has 1 atom stereocenters. The number of amides is 1. The van der Waals surface area contributed by atoms with E-state index in [1.807, 2.05) is 6.07 Å². The highest BCUT2D eigenvalue weighted by Gasteiger charge is 2.33. The Hall–Kier alpha value is -1.84. The number of carboxylic acids is 1. The van der Waals surface area contributed by atoms with E-state index in [9.17, 15) is 9.59 Å². The first-order valence-electron chi connectivity index (χ1n) is 7.28. The number of fused-ring (bicyclic) bond motifs is 1. The molecule has 4 nitrogen and oxygen atoms in total. The van der Waals surface area contributed by atoms with Crippen molar-refractivity contribution in [3.63, 3.8) is 0 Å². The van der Waals surface area contributed by atoms with Gasteiger partial charge in [0.2, 0.25) is 5.91 Å². The van der Waals surface area contributed by atoms with E-state index in [1.54, 1.807) is 0 Å². The largest absolute Gasteiger partial charge is 0.480 e. The van der Waals surface area contributed by atoms with Gasteiger partial charge in [-0.1, -0.05) is 18.2 Å². The van der Waals surface area contributed by atoms with Crippen molar-refractivity contribution in [1.29, 1.82) is 0 Å². The van der Waals surface area contributed by atoms with E-state index in [0.717, 1.165) is 24.8 Å². The SMILES string of the molecule is O=C(O)[C@@H]1CCCN1C(=O)Cc1ccc2c(c1)CCC2. The van der Waals surface area contributed by atoms with E-state index < -0.39 is 12.0 Å². The number of likely N-dealkylation sites (tertiary alicyclic amines) is 1. The van der Waals surface area contributed by atoms with Crippen LogP contribution < -0.4 is 0 Å². The van der Waals surface area contributed by atoms with E-state index >= 15 is 0 Å². The van der Waals surface area contributed by atoms with Gasteiger partial charge in [0.25, 0.3) is 0 Å². The lowest BCUT2D eigenvalue weighted by atomic mass is 10.0. The van der Waals surface area contributed by atoms with Crippen LogP contribution in [0.4, 0.5) is 0 Å². The van der Waals surface area contributed by atoms with Gasteiger partial charge in [0.1, 0.15) is 6.04 Å². The molecule has 1 amide bonds. The molecular formula is C16H19NO3. The maximum atomic E-state index is 12.3. The topological polar surface area (TPSA) is 57.6 Å². The highest BCUT2D eigenvalue weighted by Crippen LogP contribution is 2.24. The molecule has 106 valence electrons. The molecule has 1 aromatic rings. The Morgan fingerprint density at radius 1 is 1.20 bits per heavy atom. The van der Waals surface area contributed by atoms with Gasteiger partial charge in [0, 0.05) is 6.54 Å². The molecule has 0 spiro atoms. The molecule has 1 aliphatic heterocycles.